The van der Waals surface area contributed by atoms with E-state index in [1.54, 1.807) is 12.1 Å². The van der Waals surface area contributed by atoms with E-state index in [-0.39, 0.29) is 12.0 Å². The van der Waals surface area contributed by atoms with Gasteiger partial charge in [0, 0.05) is 11.6 Å². The van der Waals surface area contributed by atoms with Gasteiger partial charge in [0.2, 0.25) is 0 Å². The van der Waals surface area contributed by atoms with E-state index in [1.807, 2.05) is 43.3 Å². The molecule has 4 nitrogen and oxygen atoms in total. The van der Waals surface area contributed by atoms with Crippen molar-refractivity contribution in [1.82, 2.24) is 0 Å². The van der Waals surface area contributed by atoms with Crippen LogP contribution in [0.15, 0.2) is 48.5 Å². The highest BCUT2D eigenvalue weighted by Crippen LogP contribution is 2.17. The lowest BCUT2D eigenvalue weighted by molar-refractivity contribution is 0.0597. The molecule has 0 unspecified atom stereocenters. The SMILES string of the molecule is COC(=O)c1ccccc1COc1ccc(C[C@H](C)N)cc1. The van der Waals surface area contributed by atoms with E-state index in [4.69, 9.17) is 15.2 Å². The molecule has 0 saturated heterocycles. The molecule has 0 aromatic heterocycles. The minimum atomic E-state index is -0.355. The van der Waals surface area contributed by atoms with E-state index in [1.165, 1.54) is 12.7 Å². The summed E-state index contributed by atoms with van der Waals surface area (Å²) in [6, 6.07) is 15.2. The lowest BCUT2D eigenvalue weighted by Gasteiger charge is -2.11. The first-order chi connectivity index (χ1) is 10.6. The van der Waals surface area contributed by atoms with Gasteiger partial charge in [0.05, 0.1) is 12.7 Å². The molecule has 0 aliphatic carbocycles. The van der Waals surface area contributed by atoms with Crippen LogP contribution in [0.25, 0.3) is 0 Å². The average molecular weight is 299 g/mol. The molecule has 2 aromatic rings. The minimum absolute atomic E-state index is 0.138. The first-order valence-electron chi connectivity index (χ1n) is 7.23. The Kier molecular flexibility index (Phi) is 5.55. The van der Waals surface area contributed by atoms with Gasteiger partial charge in [-0.2, -0.15) is 0 Å². The van der Waals surface area contributed by atoms with Crippen LogP contribution in [-0.2, 0) is 17.8 Å². The second-order valence-corrected chi connectivity index (χ2v) is 5.26. The van der Waals surface area contributed by atoms with Crippen molar-refractivity contribution in [3.8, 4) is 5.75 Å². The van der Waals surface area contributed by atoms with E-state index in [9.17, 15) is 4.79 Å². The summed E-state index contributed by atoms with van der Waals surface area (Å²) in [6.45, 7) is 2.30. The maximum absolute atomic E-state index is 11.7. The van der Waals surface area contributed by atoms with Crippen molar-refractivity contribution in [3.63, 3.8) is 0 Å². The number of benzene rings is 2. The van der Waals surface area contributed by atoms with Crippen LogP contribution in [0, 0.1) is 0 Å². The van der Waals surface area contributed by atoms with Crippen LogP contribution in [-0.4, -0.2) is 19.1 Å². The summed E-state index contributed by atoms with van der Waals surface area (Å²) in [6.07, 6.45) is 0.839. The maximum atomic E-state index is 11.7. The van der Waals surface area contributed by atoms with Gasteiger partial charge in [-0.25, -0.2) is 4.79 Å². The van der Waals surface area contributed by atoms with Gasteiger partial charge >= 0.3 is 5.97 Å². The van der Waals surface area contributed by atoms with Crippen LogP contribution in [0.1, 0.15) is 28.4 Å². The van der Waals surface area contributed by atoms with Gasteiger partial charge in [0.15, 0.2) is 0 Å². The highest BCUT2D eigenvalue weighted by Gasteiger charge is 2.11. The molecule has 0 heterocycles. The van der Waals surface area contributed by atoms with Crippen molar-refractivity contribution in [2.45, 2.75) is 26.0 Å². The number of nitrogens with two attached hydrogens (primary N) is 1. The second-order valence-electron chi connectivity index (χ2n) is 5.26. The van der Waals surface area contributed by atoms with Crippen LogP contribution in [0.3, 0.4) is 0 Å². The lowest BCUT2D eigenvalue weighted by atomic mass is 10.1. The number of rotatable bonds is 6. The molecule has 2 rings (SSSR count). The largest absolute Gasteiger partial charge is 0.489 e. The Balaban J connectivity index is 2.03. The van der Waals surface area contributed by atoms with E-state index < -0.39 is 0 Å². The lowest BCUT2D eigenvalue weighted by Crippen LogP contribution is -2.17. The molecule has 0 aliphatic rings. The van der Waals surface area contributed by atoms with Crippen LogP contribution < -0.4 is 10.5 Å². The van der Waals surface area contributed by atoms with Gasteiger partial charge in [0.25, 0.3) is 0 Å². The summed E-state index contributed by atoms with van der Waals surface area (Å²) >= 11 is 0. The third kappa shape index (κ3) is 4.33. The standard InChI is InChI=1S/C18H21NO3/c1-13(19)11-14-7-9-16(10-8-14)22-12-15-5-3-4-6-17(15)18(20)21-2/h3-10,13H,11-12,19H2,1-2H3/t13-/m0/s1. The average Bonchev–Trinajstić information content (AvgIpc) is 2.53. The highest BCUT2D eigenvalue weighted by atomic mass is 16.5. The van der Waals surface area contributed by atoms with Crippen molar-refractivity contribution in [2.24, 2.45) is 5.73 Å². The Hall–Kier alpha value is -2.33. The molecular weight excluding hydrogens is 278 g/mol. The first-order valence-corrected chi connectivity index (χ1v) is 7.23. The Bertz CT molecular complexity index is 620. The quantitative estimate of drug-likeness (QED) is 0.833. The minimum Gasteiger partial charge on any atom is -0.489 e. The fourth-order valence-corrected chi connectivity index (χ4v) is 2.21. The fraction of sp³-hybridized carbons (Fsp3) is 0.278. The number of carbonyl (C=O) groups excluding carboxylic acids is 1. The predicted molar refractivity (Wildman–Crippen MR) is 85.9 cm³/mol. The van der Waals surface area contributed by atoms with Crippen molar-refractivity contribution in [3.05, 3.63) is 65.2 Å². The molecule has 2 aromatic carbocycles. The molecule has 0 aliphatic heterocycles. The normalized spacial score (nSPS) is 11.8. The third-order valence-corrected chi connectivity index (χ3v) is 3.30. The number of hydrogen-bond acceptors (Lipinski definition) is 4. The third-order valence-electron chi connectivity index (χ3n) is 3.30. The summed E-state index contributed by atoms with van der Waals surface area (Å²) in [4.78, 5) is 11.7. The van der Waals surface area contributed by atoms with E-state index in [2.05, 4.69) is 0 Å². The Morgan fingerprint density at radius 2 is 1.82 bits per heavy atom. The van der Waals surface area contributed by atoms with Gasteiger partial charge < -0.3 is 15.2 Å². The summed E-state index contributed by atoms with van der Waals surface area (Å²) in [5, 5.41) is 0. The van der Waals surface area contributed by atoms with Gasteiger partial charge in [-0.3, -0.25) is 0 Å². The monoisotopic (exact) mass is 299 g/mol. The zero-order valence-corrected chi connectivity index (χ0v) is 12.9. The van der Waals surface area contributed by atoms with Gasteiger partial charge in [0.1, 0.15) is 12.4 Å². The second kappa shape index (κ2) is 7.61. The van der Waals surface area contributed by atoms with E-state index in [0.717, 1.165) is 17.7 Å². The van der Waals surface area contributed by atoms with Gasteiger partial charge in [-0.15, -0.1) is 0 Å². The zero-order valence-electron chi connectivity index (χ0n) is 12.9. The molecule has 0 bridgehead atoms. The molecule has 116 valence electrons. The molecule has 0 fully saturated rings. The molecule has 0 amide bonds. The number of methoxy groups -OCH3 is 1. The van der Waals surface area contributed by atoms with Gasteiger partial charge in [-0.05, 0) is 37.1 Å². The van der Waals surface area contributed by atoms with Crippen molar-refractivity contribution < 1.29 is 14.3 Å². The molecule has 0 saturated carbocycles. The molecular formula is C18H21NO3. The maximum Gasteiger partial charge on any atom is 0.338 e. The van der Waals surface area contributed by atoms with Crippen molar-refractivity contribution in [1.29, 1.82) is 0 Å². The Labute approximate surface area is 130 Å². The smallest absolute Gasteiger partial charge is 0.338 e. The molecule has 4 heteroatoms. The topological polar surface area (TPSA) is 61.5 Å². The molecule has 22 heavy (non-hydrogen) atoms. The van der Waals surface area contributed by atoms with Crippen LogP contribution in [0.4, 0.5) is 0 Å². The van der Waals surface area contributed by atoms with Crippen LogP contribution >= 0.6 is 0 Å². The summed E-state index contributed by atoms with van der Waals surface area (Å²) in [7, 11) is 1.37. The van der Waals surface area contributed by atoms with E-state index >= 15 is 0 Å². The van der Waals surface area contributed by atoms with Crippen LogP contribution in [0.5, 0.6) is 5.75 Å². The number of esters is 1. The molecule has 0 spiro atoms. The summed E-state index contributed by atoms with van der Waals surface area (Å²) in [5.41, 5.74) is 8.28. The first kappa shape index (κ1) is 16.0. The fourth-order valence-electron chi connectivity index (χ4n) is 2.21. The molecule has 0 radical (unpaired) electrons. The van der Waals surface area contributed by atoms with Crippen molar-refractivity contribution >= 4 is 5.97 Å². The van der Waals surface area contributed by atoms with Crippen LogP contribution in [0.2, 0.25) is 0 Å². The Morgan fingerprint density at radius 3 is 2.45 bits per heavy atom. The number of hydrogen-bond donors (Lipinski definition) is 1. The molecule has 1 atom stereocenters. The Morgan fingerprint density at radius 1 is 1.14 bits per heavy atom. The van der Waals surface area contributed by atoms with Crippen molar-refractivity contribution in [2.75, 3.05) is 7.11 Å². The molecule has 2 N–H and O–H groups in total. The summed E-state index contributed by atoms with van der Waals surface area (Å²) in [5.74, 6) is 0.402. The van der Waals surface area contributed by atoms with Gasteiger partial charge in [-0.1, -0.05) is 30.3 Å². The number of carbonyl (C=O) groups is 1. The summed E-state index contributed by atoms with van der Waals surface area (Å²) < 4.78 is 10.5. The number of ether oxygens (including phenoxy) is 2. The zero-order chi connectivity index (χ0) is 15.9. The predicted octanol–water partition coefficient (Wildman–Crippen LogP) is 2.94. The highest BCUT2D eigenvalue weighted by molar-refractivity contribution is 5.90. The van der Waals surface area contributed by atoms with E-state index in [0.29, 0.717) is 12.2 Å².